The van der Waals surface area contributed by atoms with E-state index in [0.29, 0.717) is 49.8 Å². The molecule has 4 heterocycles. The molecule has 1 amide bonds. The fourth-order valence-corrected chi connectivity index (χ4v) is 5.03. The maximum Gasteiger partial charge on any atom is 0.277 e. The van der Waals surface area contributed by atoms with Crippen molar-refractivity contribution in [1.82, 2.24) is 35.0 Å². The lowest BCUT2D eigenvalue weighted by Gasteiger charge is -2.34. The molecule has 1 aliphatic heterocycles. The largest absolute Gasteiger partial charge is 0.494 e. The molecule has 1 fully saturated rings. The number of aromatic amines is 1. The second kappa shape index (κ2) is 11.1. The van der Waals surface area contributed by atoms with Gasteiger partial charge < -0.3 is 23.9 Å². The van der Waals surface area contributed by atoms with Crippen LogP contribution in [0.15, 0.2) is 70.6 Å². The van der Waals surface area contributed by atoms with Crippen LogP contribution in [0.4, 0.5) is 5.95 Å². The average molecular weight is 543 g/mol. The molecule has 39 heavy (non-hydrogen) atoms. The Bertz CT molecular complexity index is 1560. The zero-order valence-electron chi connectivity index (χ0n) is 21.3. The van der Waals surface area contributed by atoms with Gasteiger partial charge in [-0.05, 0) is 55.5 Å². The highest BCUT2D eigenvalue weighted by Gasteiger charge is 2.23. The first-order valence-electron chi connectivity index (χ1n) is 12.7. The topological polar surface area (TPSA) is 126 Å². The van der Waals surface area contributed by atoms with E-state index in [9.17, 15) is 4.79 Å². The molecule has 0 radical (unpaired) electrons. The van der Waals surface area contributed by atoms with Gasteiger partial charge in [-0.25, -0.2) is 15.0 Å². The molecule has 3 aromatic heterocycles. The number of nitrogens with zero attached hydrogens (tertiary/aromatic N) is 7. The van der Waals surface area contributed by atoms with Gasteiger partial charge in [0.05, 0.1) is 23.4 Å². The van der Waals surface area contributed by atoms with E-state index >= 15 is 0 Å². The summed E-state index contributed by atoms with van der Waals surface area (Å²) in [5.74, 6) is 2.94. The van der Waals surface area contributed by atoms with Crippen LogP contribution in [0.2, 0.25) is 0 Å². The Balaban J connectivity index is 1.06. The Morgan fingerprint density at radius 1 is 1.03 bits per heavy atom. The lowest BCUT2D eigenvalue weighted by atomic mass is 10.2. The van der Waals surface area contributed by atoms with Crippen LogP contribution in [0.25, 0.3) is 33.9 Å². The number of thioether (sulfide) groups is 1. The second-order valence-corrected chi connectivity index (χ2v) is 9.78. The molecule has 0 bridgehead atoms. The summed E-state index contributed by atoms with van der Waals surface area (Å²) in [6.45, 7) is 5.22. The molecule has 0 saturated carbocycles. The average Bonchev–Trinajstić information content (AvgIpc) is 3.64. The smallest absolute Gasteiger partial charge is 0.277 e. The molecule has 6 rings (SSSR count). The molecule has 1 saturated heterocycles. The zero-order chi connectivity index (χ0) is 26.6. The predicted molar refractivity (Wildman–Crippen MR) is 148 cm³/mol. The molecule has 11 nitrogen and oxygen atoms in total. The Labute approximate surface area is 228 Å². The molecule has 12 heteroatoms. The number of anilines is 1. The number of amides is 1. The van der Waals surface area contributed by atoms with Gasteiger partial charge in [0.2, 0.25) is 17.7 Å². The molecular weight excluding hydrogens is 516 g/mol. The Morgan fingerprint density at radius 2 is 1.79 bits per heavy atom. The van der Waals surface area contributed by atoms with Crippen molar-refractivity contribution in [3.63, 3.8) is 0 Å². The van der Waals surface area contributed by atoms with Crippen molar-refractivity contribution >= 4 is 34.7 Å². The minimum Gasteiger partial charge on any atom is -0.494 e. The van der Waals surface area contributed by atoms with Crippen molar-refractivity contribution in [1.29, 1.82) is 0 Å². The minimum atomic E-state index is 0.0362. The summed E-state index contributed by atoms with van der Waals surface area (Å²) in [5.41, 5.74) is 3.43. The third kappa shape index (κ3) is 5.55. The van der Waals surface area contributed by atoms with E-state index in [4.69, 9.17) is 14.1 Å². The maximum atomic E-state index is 12.8. The van der Waals surface area contributed by atoms with Crippen molar-refractivity contribution in [3.05, 3.63) is 60.9 Å². The first kappa shape index (κ1) is 24.9. The summed E-state index contributed by atoms with van der Waals surface area (Å²) in [6, 6.07) is 15.4. The summed E-state index contributed by atoms with van der Waals surface area (Å²) in [4.78, 5) is 33.3. The summed E-state index contributed by atoms with van der Waals surface area (Å²) < 4.78 is 11.4. The number of imidazole rings is 1. The molecular formula is C27H26N8O3S. The van der Waals surface area contributed by atoms with E-state index in [2.05, 4.69) is 30.0 Å². The van der Waals surface area contributed by atoms with Crippen molar-refractivity contribution in [2.75, 3.05) is 43.4 Å². The van der Waals surface area contributed by atoms with Gasteiger partial charge in [-0.2, -0.15) is 0 Å². The van der Waals surface area contributed by atoms with E-state index < -0.39 is 0 Å². The number of benzene rings is 2. The van der Waals surface area contributed by atoms with Gasteiger partial charge in [0.1, 0.15) is 11.6 Å². The summed E-state index contributed by atoms with van der Waals surface area (Å²) in [7, 11) is 0. The van der Waals surface area contributed by atoms with Crippen molar-refractivity contribution < 1.29 is 13.9 Å². The predicted octanol–water partition coefficient (Wildman–Crippen LogP) is 3.91. The van der Waals surface area contributed by atoms with Gasteiger partial charge in [-0.1, -0.05) is 11.8 Å². The van der Waals surface area contributed by atoms with Gasteiger partial charge in [0.25, 0.3) is 5.22 Å². The SMILES string of the molecule is CCOc1ccc(-c2nc3ccc(-c4nnc(SCC(=O)N5CCN(c6ncccn6)CC5)o4)cc3[nH]2)cc1. The first-order chi connectivity index (χ1) is 19.2. The van der Waals surface area contributed by atoms with E-state index in [-0.39, 0.29) is 11.7 Å². The van der Waals surface area contributed by atoms with Crippen molar-refractivity contribution in [3.8, 4) is 28.6 Å². The third-order valence-electron chi connectivity index (χ3n) is 6.36. The van der Waals surface area contributed by atoms with Crippen LogP contribution in [0.3, 0.4) is 0 Å². The Kier molecular flexibility index (Phi) is 7.09. The van der Waals surface area contributed by atoms with Gasteiger partial charge in [0.15, 0.2) is 0 Å². The van der Waals surface area contributed by atoms with Crippen molar-refractivity contribution in [2.24, 2.45) is 0 Å². The van der Waals surface area contributed by atoms with Gasteiger partial charge in [-0.3, -0.25) is 4.79 Å². The maximum absolute atomic E-state index is 12.8. The number of fused-ring (bicyclic) bond motifs is 1. The van der Waals surface area contributed by atoms with Crippen molar-refractivity contribution in [2.45, 2.75) is 12.1 Å². The van der Waals surface area contributed by atoms with Crippen LogP contribution in [-0.4, -0.2) is 79.5 Å². The molecule has 0 spiro atoms. The van der Waals surface area contributed by atoms with E-state index in [0.717, 1.165) is 33.7 Å². The second-order valence-electron chi connectivity index (χ2n) is 8.85. The number of H-pyrrole nitrogens is 1. The molecule has 0 atom stereocenters. The van der Waals surface area contributed by atoms with Gasteiger partial charge in [-0.15, -0.1) is 10.2 Å². The third-order valence-corrected chi connectivity index (χ3v) is 7.16. The van der Waals surface area contributed by atoms with E-state index in [1.165, 1.54) is 11.8 Å². The van der Waals surface area contributed by atoms with Crippen LogP contribution in [0.5, 0.6) is 5.75 Å². The summed E-state index contributed by atoms with van der Waals surface area (Å²) in [5, 5.41) is 8.67. The molecule has 0 aliphatic carbocycles. The standard InChI is InChI=1S/C27H26N8O3S/c1-2-37-20-7-4-18(5-8-20)24-30-21-9-6-19(16-22(21)31-24)25-32-33-27(38-25)39-17-23(36)34-12-14-35(15-13-34)26-28-10-3-11-29-26/h3-11,16H,2,12-15,17H2,1H3,(H,30,31). The van der Waals surface area contributed by atoms with E-state index in [1.807, 2.05) is 54.3 Å². The zero-order valence-corrected chi connectivity index (χ0v) is 22.1. The highest BCUT2D eigenvalue weighted by molar-refractivity contribution is 7.99. The lowest BCUT2D eigenvalue weighted by Crippen LogP contribution is -2.49. The molecule has 1 N–H and O–H groups in total. The number of hydrogen-bond acceptors (Lipinski definition) is 10. The lowest BCUT2D eigenvalue weighted by molar-refractivity contribution is -0.128. The summed E-state index contributed by atoms with van der Waals surface area (Å²) >= 11 is 1.24. The van der Waals surface area contributed by atoms with Crippen LogP contribution in [0, 0.1) is 0 Å². The number of rotatable bonds is 8. The molecule has 2 aromatic carbocycles. The quantitative estimate of drug-likeness (QED) is 0.288. The van der Waals surface area contributed by atoms with Crippen LogP contribution in [-0.2, 0) is 4.79 Å². The normalized spacial score (nSPS) is 13.7. The molecule has 5 aromatic rings. The van der Waals surface area contributed by atoms with Crippen LogP contribution in [0.1, 0.15) is 6.92 Å². The Hall–Kier alpha value is -4.45. The molecule has 198 valence electrons. The number of aromatic nitrogens is 6. The van der Waals surface area contributed by atoms with Gasteiger partial charge in [0, 0.05) is 49.7 Å². The molecule has 1 aliphatic rings. The van der Waals surface area contributed by atoms with Crippen LogP contribution < -0.4 is 9.64 Å². The number of hydrogen-bond donors (Lipinski definition) is 1. The number of nitrogens with one attached hydrogen (secondary N) is 1. The summed E-state index contributed by atoms with van der Waals surface area (Å²) in [6.07, 6.45) is 3.45. The van der Waals surface area contributed by atoms with E-state index in [1.54, 1.807) is 18.5 Å². The number of ether oxygens (including phenoxy) is 1. The Morgan fingerprint density at radius 3 is 2.56 bits per heavy atom. The highest BCUT2D eigenvalue weighted by atomic mass is 32.2. The first-order valence-corrected chi connectivity index (χ1v) is 13.6. The fraction of sp³-hybridized carbons (Fsp3) is 0.259. The molecule has 0 unspecified atom stereocenters. The van der Waals surface area contributed by atoms with Gasteiger partial charge >= 0.3 is 0 Å². The number of piperazine rings is 1. The van der Waals surface area contributed by atoms with Crippen LogP contribution >= 0.6 is 11.8 Å². The fourth-order valence-electron chi connectivity index (χ4n) is 4.36. The monoisotopic (exact) mass is 542 g/mol. The minimum absolute atomic E-state index is 0.0362. The number of carbonyl (C=O) groups excluding carboxylic acids is 1. The number of carbonyl (C=O) groups is 1. The highest BCUT2D eigenvalue weighted by Crippen LogP contribution is 2.28.